The Balaban J connectivity index is 1.49. The second kappa shape index (κ2) is 8.07. The van der Waals surface area contributed by atoms with Crippen LogP contribution in [0.1, 0.15) is 31.4 Å². The summed E-state index contributed by atoms with van der Waals surface area (Å²) in [6.07, 6.45) is 7.03. The number of carbonyl (C=O) groups excluding carboxylic acids is 2. The molecule has 4 rings (SSSR count). The maximum Gasteiger partial charge on any atom is 0.277 e. The van der Waals surface area contributed by atoms with Crippen LogP contribution in [-0.4, -0.2) is 44.5 Å². The number of carbonyl (C=O) groups is 2. The highest BCUT2D eigenvalue weighted by atomic mass is 32.2. The summed E-state index contributed by atoms with van der Waals surface area (Å²) >= 11 is 2.96. The normalized spacial score (nSPS) is 13.1. The molecular formula is C19H17N5O2S2. The molecular weight excluding hydrogens is 394 g/mol. The second-order valence-corrected chi connectivity index (χ2v) is 8.04. The summed E-state index contributed by atoms with van der Waals surface area (Å²) in [6.45, 7) is 1.10. The highest BCUT2D eigenvalue weighted by molar-refractivity contribution is 7.98. The van der Waals surface area contributed by atoms with Crippen LogP contribution in [0.15, 0.2) is 47.8 Å². The molecule has 142 valence electrons. The number of thioether (sulfide) groups is 1. The van der Waals surface area contributed by atoms with Gasteiger partial charge in [-0.25, -0.2) is 9.97 Å². The van der Waals surface area contributed by atoms with Gasteiger partial charge in [-0.3, -0.25) is 19.9 Å². The first-order valence-corrected chi connectivity index (χ1v) is 10.7. The molecule has 0 radical (unpaired) electrons. The van der Waals surface area contributed by atoms with Crippen LogP contribution in [0.5, 0.6) is 0 Å². The first kappa shape index (κ1) is 18.6. The number of aromatic nitrogens is 3. The number of anilines is 1. The highest BCUT2D eigenvalue weighted by Gasteiger charge is 2.26. The monoisotopic (exact) mass is 411 g/mol. The van der Waals surface area contributed by atoms with E-state index in [4.69, 9.17) is 0 Å². The topological polar surface area (TPSA) is 88.1 Å². The Morgan fingerprint density at radius 2 is 2.11 bits per heavy atom. The van der Waals surface area contributed by atoms with Crippen LogP contribution in [-0.2, 0) is 13.0 Å². The van der Waals surface area contributed by atoms with Crippen molar-refractivity contribution in [1.29, 1.82) is 0 Å². The van der Waals surface area contributed by atoms with E-state index in [2.05, 4.69) is 20.3 Å². The molecule has 0 spiro atoms. The van der Waals surface area contributed by atoms with Crippen LogP contribution in [0.25, 0.3) is 0 Å². The molecule has 1 N–H and O–H groups in total. The summed E-state index contributed by atoms with van der Waals surface area (Å²) in [5.74, 6) is -0.324. The fraction of sp³-hybridized carbons (Fsp3) is 0.211. The number of nitrogens with zero attached hydrogens (tertiary/aromatic N) is 4. The summed E-state index contributed by atoms with van der Waals surface area (Å²) < 4.78 is 0. The average Bonchev–Trinajstić information content (AvgIpc) is 3.15. The fourth-order valence-electron chi connectivity index (χ4n) is 2.99. The predicted molar refractivity (Wildman–Crippen MR) is 109 cm³/mol. The smallest absolute Gasteiger partial charge is 0.277 e. The van der Waals surface area contributed by atoms with Crippen LogP contribution in [0, 0.1) is 0 Å². The van der Waals surface area contributed by atoms with Crippen molar-refractivity contribution < 1.29 is 9.59 Å². The molecule has 9 heteroatoms. The third-order valence-electron chi connectivity index (χ3n) is 4.37. The number of thiazole rings is 1. The molecule has 1 aliphatic rings. The zero-order valence-corrected chi connectivity index (χ0v) is 16.7. The van der Waals surface area contributed by atoms with E-state index in [1.54, 1.807) is 11.8 Å². The van der Waals surface area contributed by atoms with Gasteiger partial charge in [0, 0.05) is 35.1 Å². The second-order valence-electron chi connectivity index (χ2n) is 6.11. The van der Waals surface area contributed by atoms with Crippen molar-refractivity contribution in [2.75, 3.05) is 18.1 Å². The minimum Gasteiger partial charge on any atom is -0.333 e. The molecule has 0 saturated carbocycles. The fourth-order valence-corrected chi connectivity index (χ4v) is 4.60. The van der Waals surface area contributed by atoms with E-state index in [1.165, 1.54) is 29.9 Å². The largest absolute Gasteiger partial charge is 0.333 e. The summed E-state index contributed by atoms with van der Waals surface area (Å²) in [6, 6.07) is 7.64. The molecule has 0 unspecified atom stereocenters. The molecule has 3 aromatic rings. The van der Waals surface area contributed by atoms with Crippen molar-refractivity contribution in [2.24, 2.45) is 0 Å². The van der Waals surface area contributed by atoms with Gasteiger partial charge < -0.3 is 4.90 Å². The highest BCUT2D eigenvalue weighted by Crippen LogP contribution is 2.30. The van der Waals surface area contributed by atoms with Crippen molar-refractivity contribution in [3.63, 3.8) is 0 Å². The number of rotatable bonds is 4. The summed E-state index contributed by atoms with van der Waals surface area (Å²) in [7, 11) is 0. The number of fused-ring (bicyclic) bond motifs is 1. The van der Waals surface area contributed by atoms with Gasteiger partial charge in [-0.05, 0) is 18.4 Å². The first-order chi connectivity index (χ1) is 13.7. The molecule has 1 aliphatic heterocycles. The number of benzene rings is 1. The van der Waals surface area contributed by atoms with Gasteiger partial charge in [0.1, 0.15) is 5.69 Å². The molecule has 0 fully saturated rings. The lowest BCUT2D eigenvalue weighted by Crippen LogP contribution is -2.35. The Hall–Kier alpha value is -2.78. The molecule has 0 aliphatic carbocycles. The predicted octanol–water partition coefficient (Wildman–Crippen LogP) is 3.11. The maximum atomic E-state index is 13.0. The molecule has 0 bridgehead atoms. The standard InChI is InChI=1S/C19H17N5O2S2/c1-27-15-5-3-2-4-12(15)18(26)24-9-6-13-16(11-24)28-19(22-13)23-17(25)14-10-20-7-8-21-14/h2-5,7-8,10H,6,9,11H2,1H3,(H,22,23,25). The van der Waals surface area contributed by atoms with Gasteiger partial charge in [0.2, 0.25) is 0 Å². The number of nitrogens with one attached hydrogen (secondary N) is 1. The van der Waals surface area contributed by atoms with Crippen LogP contribution >= 0.6 is 23.1 Å². The Labute approximate surface area is 170 Å². The Bertz CT molecular complexity index is 1020. The van der Waals surface area contributed by atoms with Crippen molar-refractivity contribution in [3.05, 3.63) is 64.7 Å². The van der Waals surface area contributed by atoms with Crippen molar-refractivity contribution in [2.45, 2.75) is 17.9 Å². The lowest BCUT2D eigenvalue weighted by Gasteiger charge is -2.26. The molecule has 7 nitrogen and oxygen atoms in total. The zero-order chi connectivity index (χ0) is 19.5. The van der Waals surface area contributed by atoms with Gasteiger partial charge in [0.25, 0.3) is 11.8 Å². The molecule has 1 aromatic carbocycles. The lowest BCUT2D eigenvalue weighted by atomic mass is 10.1. The molecule has 0 atom stereocenters. The minimum absolute atomic E-state index is 0.0224. The quantitative estimate of drug-likeness (QED) is 0.664. The van der Waals surface area contributed by atoms with Crippen LogP contribution in [0.2, 0.25) is 0 Å². The lowest BCUT2D eigenvalue weighted by molar-refractivity contribution is 0.0732. The van der Waals surface area contributed by atoms with E-state index in [-0.39, 0.29) is 17.5 Å². The van der Waals surface area contributed by atoms with Gasteiger partial charge in [0.05, 0.1) is 24.0 Å². The van der Waals surface area contributed by atoms with E-state index >= 15 is 0 Å². The van der Waals surface area contributed by atoms with Crippen molar-refractivity contribution in [1.82, 2.24) is 19.9 Å². The van der Waals surface area contributed by atoms with Gasteiger partial charge in [0.15, 0.2) is 5.13 Å². The zero-order valence-electron chi connectivity index (χ0n) is 15.1. The first-order valence-electron chi connectivity index (χ1n) is 8.64. The van der Waals surface area contributed by atoms with Crippen LogP contribution in [0.4, 0.5) is 5.13 Å². The summed E-state index contributed by atoms with van der Waals surface area (Å²) in [5, 5.41) is 3.28. The third-order valence-corrected chi connectivity index (χ3v) is 6.17. The summed E-state index contributed by atoms with van der Waals surface area (Å²) in [5.41, 5.74) is 1.89. The van der Waals surface area contributed by atoms with E-state index in [9.17, 15) is 9.59 Å². The number of amides is 2. The molecule has 2 aromatic heterocycles. The van der Waals surface area contributed by atoms with Gasteiger partial charge in [-0.1, -0.05) is 23.5 Å². The average molecular weight is 412 g/mol. The van der Waals surface area contributed by atoms with Crippen molar-refractivity contribution >= 4 is 40.0 Å². The SMILES string of the molecule is CSc1ccccc1C(=O)N1CCc2nc(NC(=O)c3cnccn3)sc2C1. The Morgan fingerprint density at radius 1 is 1.25 bits per heavy atom. The van der Waals surface area contributed by atoms with Gasteiger partial charge in [-0.15, -0.1) is 11.8 Å². The Kier molecular flexibility index (Phi) is 5.36. The van der Waals surface area contributed by atoms with Crippen LogP contribution < -0.4 is 5.32 Å². The Morgan fingerprint density at radius 3 is 2.89 bits per heavy atom. The van der Waals surface area contributed by atoms with Crippen LogP contribution in [0.3, 0.4) is 0 Å². The van der Waals surface area contributed by atoms with Crippen molar-refractivity contribution in [3.8, 4) is 0 Å². The summed E-state index contributed by atoms with van der Waals surface area (Å²) in [4.78, 5) is 41.4. The van der Waals surface area contributed by atoms with E-state index < -0.39 is 0 Å². The molecule has 28 heavy (non-hydrogen) atoms. The van der Waals surface area contributed by atoms with Gasteiger partial charge in [-0.2, -0.15) is 0 Å². The third kappa shape index (κ3) is 3.76. The van der Waals surface area contributed by atoms with E-state index in [1.807, 2.05) is 35.4 Å². The van der Waals surface area contributed by atoms with E-state index in [0.717, 1.165) is 21.0 Å². The maximum absolute atomic E-state index is 13.0. The minimum atomic E-state index is -0.346. The van der Waals surface area contributed by atoms with E-state index in [0.29, 0.717) is 24.6 Å². The number of hydrogen-bond donors (Lipinski definition) is 1. The number of hydrogen-bond acceptors (Lipinski definition) is 7. The molecule has 2 amide bonds. The van der Waals surface area contributed by atoms with Gasteiger partial charge >= 0.3 is 0 Å². The molecule has 0 saturated heterocycles. The molecule has 3 heterocycles.